The van der Waals surface area contributed by atoms with Gasteiger partial charge in [0.15, 0.2) is 0 Å². The first-order valence-electron chi connectivity index (χ1n) is 15.0. The molecule has 1 saturated heterocycles. The van der Waals surface area contributed by atoms with Gasteiger partial charge in [0.1, 0.15) is 23.2 Å². The van der Waals surface area contributed by atoms with Gasteiger partial charge in [0.05, 0.1) is 16.1 Å². The number of rotatable bonds is 4. The normalized spacial score (nSPS) is 28.2. The zero-order valence-corrected chi connectivity index (χ0v) is 26.8. The van der Waals surface area contributed by atoms with Crippen LogP contribution in [-0.4, -0.2) is 83.9 Å². The summed E-state index contributed by atoms with van der Waals surface area (Å²) < 4.78 is 5.43. The molecule has 3 N–H and O–H groups in total. The van der Waals surface area contributed by atoms with Crippen LogP contribution in [-0.2, 0) is 19.1 Å². The summed E-state index contributed by atoms with van der Waals surface area (Å²) in [7, 11) is 0. The van der Waals surface area contributed by atoms with Gasteiger partial charge < -0.3 is 25.4 Å². The molecule has 2 aliphatic heterocycles. The van der Waals surface area contributed by atoms with Crippen LogP contribution in [0.3, 0.4) is 0 Å². The molecule has 1 aromatic carbocycles. The summed E-state index contributed by atoms with van der Waals surface area (Å²) in [4.78, 5) is 55.8. The van der Waals surface area contributed by atoms with E-state index in [4.69, 9.17) is 27.9 Å². The molecule has 3 heterocycles. The molecule has 0 bridgehead atoms. The first-order valence-corrected chi connectivity index (χ1v) is 15.8. The number of nitrogens with zero attached hydrogens (tertiary/aromatic N) is 5. The minimum Gasteiger partial charge on any atom is -0.479 e. The quantitative estimate of drug-likeness (QED) is 0.407. The van der Waals surface area contributed by atoms with Gasteiger partial charge in [-0.1, -0.05) is 48.2 Å². The van der Waals surface area contributed by atoms with E-state index in [0.717, 1.165) is 19.3 Å². The van der Waals surface area contributed by atoms with Gasteiger partial charge in [0.25, 0.3) is 0 Å². The van der Waals surface area contributed by atoms with Crippen molar-refractivity contribution in [3.63, 3.8) is 0 Å². The molecule has 45 heavy (non-hydrogen) atoms. The number of benzene rings is 1. The second kappa shape index (κ2) is 13.0. The monoisotopic (exact) mass is 661 g/mol. The van der Waals surface area contributed by atoms with Crippen LogP contribution >= 0.6 is 23.2 Å². The third-order valence-corrected chi connectivity index (χ3v) is 9.00. The second-order valence-corrected chi connectivity index (χ2v) is 13.6. The van der Waals surface area contributed by atoms with Crippen LogP contribution in [0.15, 0.2) is 30.4 Å². The van der Waals surface area contributed by atoms with Gasteiger partial charge in [0.2, 0.25) is 17.6 Å². The highest BCUT2D eigenvalue weighted by molar-refractivity contribution is 6.42. The Bertz CT molecular complexity index is 1510. The molecule has 0 radical (unpaired) electrons. The molecular weight excluding hydrogens is 625 g/mol. The Morgan fingerprint density at radius 3 is 2.64 bits per heavy atom. The van der Waals surface area contributed by atoms with Crippen LogP contribution < -0.4 is 10.6 Å². The number of carboxylic acids is 1. The lowest BCUT2D eigenvalue weighted by molar-refractivity contribution is -0.145. The molecule has 0 unspecified atom stereocenters. The topological polar surface area (TPSA) is 169 Å². The van der Waals surface area contributed by atoms with Crippen LogP contribution in [0.25, 0.3) is 11.4 Å². The van der Waals surface area contributed by atoms with Gasteiger partial charge in [-0.3, -0.25) is 9.59 Å². The summed E-state index contributed by atoms with van der Waals surface area (Å²) in [6, 6.07) is 2.35. The predicted molar refractivity (Wildman–Crippen MR) is 164 cm³/mol. The fourth-order valence-corrected chi connectivity index (χ4v) is 6.12. The molecule has 242 valence electrons. The molecule has 2 fully saturated rings. The molecule has 3 aliphatic rings. The van der Waals surface area contributed by atoms with Crippen molar-refractivity contribution >= 4 is 47.1 Å². The minimum absolute atomic E-state index is 0.0317. The van der Waals surface area contributed by atoms with Crippen molar-refractivity contribution in [2.75, 3.05) is 6.54 Å². The van der Waals surface area contributed by atoms with E-state index in [1.54, 1.807) is 39.0 Å². The van der Waals surface area contributed by atoms with Gasteiger partial charge in [-0.15, -0.1) is 10.2 Å². The number of amides is 3. The Balaban J connectivity index is 1.45. The molecule has 5 rings (SSSR count). The van der Waals surface area contributed by atoms with Crippen LogP contribution in [0, 0.1) is 5.92 Å². The van der Waals surface area contributed by atoms with Crippen LogP contribution in [0.4, 0.5) is 4.79 Å². The Labute approximate surface area is 270 Å². The lowest BCUT2D eigenvalue weighted by Gasteiger charge is -2.30. The number of aliphatic carboxylic acids is 1. The van der Waals surface area contributed by atoms with Crippen molar-refractivity contribution in [1.29, 1.82) is 0 Å². The van der Waals surface area contributed by atoms with Gasteiger partial charge in [-0.05, 0) is 69.9 Å². The molecule has 13 nitrogen and oxygen atoms in total. The number of carbonyl (C=O) groups is 4. The first kappa shape index (κ1) is 32.7. The number of carboxylic acid groups (broad SMARTS) is 1. The van der Waals surface area contributed by atoms with E-state index in [2.05, 4.69) is 26.0 Å². The number of alkyl carbamates (subject to hydrolysis) is 1. The number of nitrogens with one attached hydrogen (secondary N) is 2. The largest absolute Gasteiger partial charge is 0.479 e. The van der Waals surface area contributed by atoms with E-state index in [-0.39, 0.29) is 31.1 Å². The fraction of sp³-hybridized carbons (Fsp3) is 0.567. The van der Waals surface area contributed by atoms with Gasteiger partial charge in [-0.25, -0.2) is 9.59 Å². The third-order valence-electron chi connectivity index (χ3n) is 8.26. The number of hydrogen-bond donors (Lipinski definition) is 3. The Kier molecular flexibility index (Phi) is 9.41. The second-order valence-electron chi connectivity index (χ2n) is 12.8. The highest BCUT2D eigenvalue weighted by atomic mass is 35.5. The smallest absolute Gasteiger partial charge is 0.408 e. The molecular formula is C30H37Cl2N7O6. The van der Waals surface area contributed by atoms with Crippen molar-refractivity contribution in [2.24, 2.45) is 5.92 Å². The molecule has 1 saturated carbocycles. The van der Waals surface area contributed by atoms with E-state index in [9.17, 15) is 24.3 Å². The summed E-state index contributed by atoms with van der Waals surface area (Å²) >= 11 is 12.2. The summed E-state index contributed by atoms with van der Waals surface area (Å²) in [5.41, 5.74) is -1.64. The summed E-state index contributed by atoms with van der Waals surface area (Å²) in [5, 5.41) is 29.0. The Morgan fingerprint density at radius 2 is 1.93 bits per heavy atom. The van der Waals surface area contributed by atoms with Gasteiger partial charge in [0, 0.05) is 24.4 Å². The van der Waals surface area contributed by atoms with Crippen molar-refractivity contribution in [2.45, 2.75) is 95.0 Å². The number of allylic oxidation sites excluding steroid dienone is 1. The maximum atomic E-state index is 14.1. The predicted octanol–water partition coefficient (Wildman–Crippen LogP) is 4.16. The maximum absolute atomic E-state index is 14.1. The van der Waals surface area contributed by atoms with E-state index in [1.165, 1.54) is 9.70 Å². The number of aromatic nitrogens is 4. The summed E-state index contributed by atoms with van der Waals surface area (Å²) in [6.45, 7) is 5.21. The molecule has 3 amide bonds. The number of hydrogen-bond acceptors (Lipinski definition) is 8. The van der Waals surface area contributed by atoms with E-state index < -0.39 is 53.1 Å². The Hall–Kier alpha value is -3.71. The minimum atomic E-state index is -1.44. The molecule has 15 heteroatoms. The van der Waals surface area contributed by atoms with Crippen molar-refractivity contribution < 1.29 is 29.0 Å². The molecule has 2 aromatic rings. The lowest BCUT2D eigenvalue weighted by Crippen LogP contribution is -2.56. The lowest BCUT2D eigenvalue weighted by atomic mass is 10.0. The molecule has 1 aliphatic carbocycles. The summed E-state index contributed by atoms with van der Waals surface area (Å²) in [6.07, 6.45) is 6.76. The van der Waals surface area contributed by atoms with Crippen molar-refractivity contribution in [3.05, 3.63) is 40.4 Å². The first-order chi connectivity index (χ1) is 21.3. The average molecular weight is 663 g/mol. The number of tetrazole rings is 1. The average Bonchev–Trinajstić information content (AvgIpc) is 3.28. The number of ether oxygens (including phenoxy) is 1. The van der Waals surface area contributed by atoms with E-state index in [1.807, 2.05) is 12.2 Å². The SMILES string of the molecule is CC(C)(C)OC(=O)N[C@H]1CCCCC/C=C\[C@@H]2C[C@]2(C(=O)O)NC(=O)[C@@H]2C[C@H](n3nnc(-c4ccc(Cl)c(Cl)c4)n3)CN2C1=O. The van der Waals surface area contributed by atoms with E-state index >= 15 is 0 Å². The van der Waals surface area contributed by atoms with Crippen LogP contribution in [0.1, 0.15) is 71.8 Å². The van der Waals surface area contributed by atoms with Crippen molar-refractivity contribution in [3.8, 4) is 11.4 Å². The van der Waals surface area contributed by atoms with Crippen molar-refractivity contribution in [1.82, 2.24) is 35.7 Å². The number of fused-ring (bicyclic) bond motifs is 2. The van der Waals surface area contributed by atoms with Crippen LogP contribution in [0.2, 0.25) is 10.0 Å². The summed E-state index contributed by atoms with van der Waals surface area (Å²) in [5.74, 6) is -2.28. The van der Waals surface area contributed by atoms with Gasteiger partial charge in [-0.2, -0.15) is 4.80 Å². The van der Waals surface area contributed by atoms with Gasteiger partial charge >= 0.3 is 12.1 Å². The highest BCUT2D eigenvalue weighted by Crippen LogP contribution is 2.45. The molecule has 1 aromatic heterocycles. The fourth-order valence-electron chi connectivity index (χ4n) is 5.83. The third kappa shape index (κ3) is 7.41. The Morgan fingerprint density at radius 1 is 1.16 bits per heavy atom. The number of carbonyl (C=O) groups excluding carboxylic acids is 3. The zero-order chi connectivity index (χ0) is 32.5. The molecule has 5 atom stereocenters. The highest BCUT2D eigenvalue weighted by Gasteiger charge is 2.61. The molecule has 0 spiro atoms. The maximum Gasteiger partial charge on any atom is 0.408 e. The standard InChI is InChI=1S/C30H37Cl2N7O6/c1-29(2,3)45-28(44)33-22-10-8-6-4-5-7-9-18-15-30(18,27(42)43)34-25(40)23-14-19(16-38(23)26(22)41)39-36-24(35-37-39)17-11-12-20(31)21(32)13-17/h7,9,11-13,18-19,22-23H,4-6,8,10,14-16H2,1-3H3,(H,33,44)(H,34,40)(H,42,43)/b9-7-/t18-,19+,22+,23+,30+/m1/s1. The van der Waals surface area contributed by atoms with Crippen LogP contribution in [0.5, 0.6) is 0 Å². The number of halogens is 2. The zero-order valence-electron chi connectivity index (χ0n) is 25.3. The van der Waals surface area contributed by atoms with E-state index in [0.29, 0.717) is 28.5 Å².